The number of rotatable bonds is 4. The SMILES string of the molecule is Cc1nc(-c2n[nH]c(=S)n2-c2ccccc2)sc1-c1n[nH]c(=S)n1-c1ccccc1. The minimum Gasteiger partial charge on any atom is -0.267 e. The Labute approximate surface area is 185 Å². The summed E-state index contributed by atoms with van der Waals surface area (Å²) in [5, 5.41) is 15.4. The number of benzene rings is 2. The third-order valence-electron chi connectivity index (χ3n) is 4.56. The molecule has 0 aliphatic carbocycles. The number of para-hydroxylation sites is 2. The highest BCUT2D eigenvalue weighted by atomic mass is 32.1. The van der Waals surface area contributed by atoms with Crippen molar-refractivity contribution >= 4 is 35.8 Å². The van der Waals surface area contributed by atoms with Crippen molar-refractivity contribution in [3.63, 3.8) is 0 Å². The standard InChI is InChI=1S/C20H15N7S3/c1-12-15(16-22-24-19(28)26(16)13-8-4-2-5-9-13)30-18(21-12)17-23-25-20(29)27(17)14-10-6-3-7-11-14/h2-11H,1H3,(H,24,28)(H,25,29). The third kappa shape index (κ3) is 3.15. The monoisotopic (exact) mass is 449 g/mol. The molecule has 0 saturated heterocycles. The smallest absolute Gasteiger partial charge is 0.200 e. The van der Waals surface area contributed by atoms with Crippen LogP contribution in [0.3, 0.4) is 0 Å². The van der Waals surface area contributed by atoms with E-state index in [0.29, 0.717) is 21.2 Å². The summed E-state index contributed by atoms with van der Waals surface area (Å²) >= 11 is 12.4. The molecule has 0 spiro atoms. The normalized spacial score (nSPS) is 11.1. The highest BCUT2D eigenvalue weighted by molar-refractivity contribution is 7.71. The highest BCUT2D eigenvalue weighted by Crippen LogP contribution is 2.35. The molecule has 30 heavy (non-hydrogen) atoms. The van der Waals surface area contributed by atoms with Crippen molar-refractivity contribution < 1.29 is 0 Å². The van der Waals surface area contributed by atoms with Crippen LogP contribution in [0.4, 0.5) is 0 Å². The minimum absolute atomic E-state index is 0.512. The maximum atomic E-state index is 5.48. The van der Waals surface area contributed by atoms with Gasteiger partial charge in [-0.05, 0) is 55.6 Å². The quantitative estimate of drug-likeness (QED) is 0.365. The van der Waals surface area contributed by atoms with Crippen LogP contribution in [0.25, 0.3) is 32.9 Å². The zero-order valence-corrected chi connectivity index (χ0v) is 18.2. The van der Waals surface area contributed by atoms with Crippen molar-refractivity contribution in [3.05, 3.63) is 75.9 Å². The molecule has 0 radical (unpaired) electrons. The molecule has 0 aliphatic heterocycles. The summed E-state index contributed by atoms with van der Waals surface area (Å²) in [6.07, 6.45) is 0. The topological polar surface area (TPSA) is 80.1 Å². The fraction of sp³-hybridized carbons (Fsp3) is 0.0500. The van der Waals surface area contributed by atoms with Gasteiger partial charge in [0.05, 0.1) is 16.3 Å². The van der Waals surface area contributed by atoms with Crippen LogP contribution >= 0.6 is 35.8 Å². The summed E-state index contributed by atoms with van der Waals surface area (Å²) in [6, 6.07) is 19.7. The summed E-state index contributed by atoms with van der Waals surface area (Å²) in [7, 11) is 0. The van der Waals surface area contributed by atoms with Gasteiger partial charge < -0.3 is 0 Å². The Morgan fingerprint density at radius 3 is 1.83 bits per heavy atom. The Morgan fingerprint density at radius 1 is 0.767 bits per heavy atom. The molecule has 10 heteroatoms. The van der Waals surface area contributed by atoms with Gasteiger partial charge in [0.25, 0.3) is 0 Å². The largest absolute Gasteiger partial charge is 0.267 e. The Bertz CT molecular complexity index is 1440. The molecular formula is C20H15N7S3. The molecule has 0 bridgehead atoms. The molecule has 148 valence electrons. The molecule has 0 saturated carbocycles. The first-order chi connectivity index (χ1) is 14.6. The van der Waals surface area contributed by atoms with Gasteiger partial charge in [0, 0.05) is 5.69 Å². The zero-order valence-electron chi connectivity index (χ0n) is 15.7. The van der Waals surface area contributed by atoms with Crippen LogP contribution in [-0.4, -0.2) is 34.5 Å². The van der Waals surface area contributed by atoms with Crippen molar-refractivity contribution in [1.29, 1.82) is 0 Å². The van der Waals surface area contributed by atoms with E-state index in [0.717, 1.165) is 27.0 Å². The molecule has 3 aromatic heterocycles. The summed E-state index contributed by atoms with van der Waals surface area (Å²) in [4.78, 5) is 5.68. The third-order valence-corrected chi connectivity index (χ3v) is 6.26. The van der Waals surface area contributed by atoms with Gasteiger partial charge in [-0.3, -0.25) is 19.3 Å². The van der Waals surface area contributed by atoms with Gasteiger partial charge in [-0.25, -0.2) is 4.98 Å². The first-order valence-electron chi connectivity index (χ1n) is 9.07. The molecule has 3 heterocycles. The number of aryl methyl sites for hydroxylation is 1. The number of thiazole rings is 1. The lowest BCUT2D eigenvalue weighted by Gasteiger charge is -2.05. The molecule has 2 N–H and O–H groups in total. The van der Waals surface area contributed by atoms with Crippen molar-refractivity contribution in [2.45, 2.75) is 6.92 Å². The molecule has 0 fully saturated rings. The van der Waals surface area contributed by atoms with Crippen LogP contribution in [0.1, 0.15) is 5.69 Å². The molecule has 0 aliphatic rings. The zero-order chi connectivity index (χ0) is 20.7. The lowest BCUT2D eigenvalue weighted by Crippen LogP contribution is -1.97. The molecule has 0 amide bonds. The van der Waals surface area contributed by atoms with E-state index in [9.17, 15) is 0 Å². The second kappa shape index (κ2) is 7.56. The fourth-order valence-corrected chi connectivity index (χ4v) is 4.72. The number of nitrogens with zero attached hydrogens (tertiary/aromatic N) is 5. The van der Waals surface area contributed by atoms with E-state index >= 15 is 0 Å². The maximum Gasteiger partial charge on any atom is 0.200 e. The molecule has 5 aromatic rings. The average molecular weight is 450 g/mol. The predicted molar refractivity (Wildman–Crippen MR) is 122 cm³/mol. The second-order valence-electron chi connectivity index (χ2n) is 6.48. The highest BCUT2D eigenvalue weighted by Gasteiger charge is 2.21. The van der Waals surface area contributed by atoms with E-state index in [4.69, 9.17) is 29.4 Å². The van der Waals surface area contributed by atoms with Crippen molar-refractivity contribution in [2.75, 3.05) is 0 Å². The summed E-state index contributed by atoms with van der Waals surface area (Å²) in [5.74, 6) is 1.37. The number of nitrogens with one attached hydrogen (secondary N) is 2. The Balaban J connectivity index is 1.66. The second-order valence-corrected chi connectivity index (χ2v) is 8.25. The number of hydrogen-bond acceptors (Lipinski definition) is 6. The number of H-pyrrole nitrogens is 2. The lowest BCUT2D eigenvalue weighted by atomic mass is 10.3. The van der Waals surface area contributed by atoms with Crippen LogP contribution in [0.15, 0.2) is 60.7 Å². The van der Waals surface area contributed by atoms with E-state index in [1.54, 1.807) is 0 Å². The van der Waals surface area contributed by atoms with Crippen LogP contribution < -0.4 is 0 Å². The number of aromatic amines is 2. The molecule has 5 rings (SSSR count). The summed E-state index contributed by atoms with van der Waals surface area (Å²) < 4.78 is 4.83. The van der Waals surface area contributed by atoms with Crippen molar-refractivity contribution in [1.82, 2.24) is 34.5 Å². The number of hydrogen-bond donors (Lipinski definition) is 2. The van der Waals surface area contributed by atoms with Gasteiger partial charge in [0.1, 0.15) is 0 Å². The van der Waals surface area contributed by atoms with E-state index in [2.05, 4.69) is 20.4 Å². The average Bonchev–Trinajstić information content (AvgIpc) is 3.45. The molecule has 7 nitrogen and oxygen atoms in total. The fourth-order valence-electron chi connectivity index (χ4n) is 3.22. The predicted octanol–water partition coefficient (Wildman–Crippen LogP) is 5.27. The van der Waals surface area contributed by atoms with Gasteiger partial charge in [0.2, 0.25) is 0 Å². The van der Waals surface area contributed by atoms with Crippen LogP contribution in [0.5, 0.6) is 0 Å². The van der Waals surface area contributed by atoms with E-state index in [1.807, 2.05) is 76.7 Å². The van der Waals surface area contributed by atoms with Crippen molar-refractivity contribution in [3.8, 4) is 32.9 Å². The maximum absolute atomic E-state index is 5.48. The number of aromatic nitrogens is 7. The summed E-state index contributed by atoms with van der Waals surface area (Å²) in [6.45, 7) is 1.95. The molecule has 2 aromatic carbocycles. The van der Waals surface area contributed by atoms with Crippen LogP contribution in [-0.2, 0) is 0 Å². The van der Waals surface area contributed by atoms with Crippen LogP contribution in [0.2, 0.25) is 0 Å². The van der Waals surface area contributed by atoms with E-state index in [-0.39, 0.29) is 0 Å². The molecular weight excluding hydrogens is 434 g/mol. The van der Waals surface area contributed by atoms with Gasteiger partial charge in [-0.1, -0.05) is 36.4 Å². The lowest BCUT2D eigenvalue weighted by molar-refractivity contribution is 1.03. The first-order valence-corrected chi connectivity index (χ1v) is 10.7. The Hall–Kier alpha value is -3.21. The summed E-state index contributed by atoms with van der Waals surface area (Å²) in [5.41, 5.74) is 2.70. The van der Waals surface area contributed by atoms with Gasteiger partial charge in [-0.2, -0.15) is 10.2 Å². The Kier molecular flexibility index (Phi) is 4.74. The molecule has 0 atom stereocenters. The van der Waals surface area contributed by atoms with Gasteiger partial charge in [0.15, 0.2) is 26.2 Å². The van der Waals surface area contributed by atoms with Crippen LogP contribution in [0, 0.1) is 16.5 Å². The minimum atomic E-state index is 0.512. The van der Waals surface area contributed by atoms with E-state index < -0.39 is 0 Å². The van der Waals surface area contributed by atoms with E-state index in [1.165, 1.54) is 11.3 Å². The van der Waals surface area contributed by atoms with Crippen molar-refractivity contribution in [2.24, 2.45) is 0 Å². The van der Waals surface area contributed by atoms with Gasteiger partial charge in [-0.15, -0.1) is 11.3 Å². The van der Waals surface area contributed by atoms with Gasteiger partial charge >= 0.3 is 0 Å². The first kappa shape index (κ1) is 18.8. The molecule has 0 unspecified atom stereocenters. The Morgan fingerprint density at radius 2 is 1.27 bits per heavy atom.